The minimum atomic E-state index is -1.43. The topological polar surface area (TPSA) is 151 Å². The van der Waals surface area contributed by atoms with Gasteiger partial charge in [-0.05, 0) is 12.1 Å². The second-order valence-corrected chi connectivity index (χ2v) is 5.30. The number of carbonyl (C=O) groups excluding carboxylic acids is 1. The van der Waals surface area contributed by atoms with E-state index in [4.69, 9.17) is 9.47 Å². The van der Waals surface area contributed by atoms with Crippen LogP contribution in [0.15, 0.2) is 24.3 Å². The summed E-state index contributed by atoms with van der Waals surface area (Å²) in [6.45, 7) is 0.658. The molecule has 1 amide bonds. The van der Waals surface area contributed by atoms with Crippen molar-refractivity contribution in [3.8, 4) is 5.75 Å². The Bertz CT molecular complexity index is 593. The van der Waals surface area contributed by atoms with Gasteiger partial charge < -0.3 is 30.1 Å². The highest BCUT2D eigenvalue weighted by Crippen LogP contribution is 2.25. The lowest BCUT2D eigenvalue weighted by Crippen LogP contribution is -2.65. The average Bonchev–Trinajstić information content (AvgIpc) is 2.54. The van der Waals surface area contributed by atoms with E-state index in [1.165, 1.54) is 31.2 Å². The van der Waals surface area contributed by atoms with Gasteiger partial charge in [0.25, 0.3) is 5.69 Å². The molecular formula is C14H18N2O8. The zero-order valence-electron chi connectivity index (χ0n) is 12.7. The van der Waals surface area contributed by atoms with Gasteiger partial charge in [-0.2, -0.15) is 0 Å². The maximum atomic E-state index is 11.3. The Morgan fingerprint density at radius 1 is 1.33 bits per heavy atom. The molecule has 5 atom stereocenters. The lowest BCUT2D eigenvalue weighted by Gasteiger charge is -2.42. The van der Waals surface area contributed by atoms with Gasteiger partial charge in [0.05, 0.1) is 11.5 Å². The molecule has 0 aromatic heterocycles. The van der Waals surface area contributed by atoms with Crippen molar-refractivity contribution in [1.82, 2.24) is 5.32 Å². The van der Waals surface area contributed by atoms with Gasteiger partial charge >= 0.3 is 0 Å². The quantitative estimate of drug-likeness (QED) is 0.389. The molecule has 4 N–H and O–H groups in total. The van der Waals surface area contributed by atoms with Gasteiger partial charge in [0.15, 0.2) is 0 Å². The second kappa shape index (κ2) is 7.53. The van der Waals surface area contributed by atoms with Crippen molar-refractivity contribution in [1.29, 1.82) is 0 Å². The van der Waals surface area contributed by atoms with Crippen LogP contribution < -0.4 is 10.1 Å². The molecule has 0 radical (unpaired) electrons. The van der Waals surface area contributed by atoms with Gasteiger partial charge in [-0.1, -0.05) is 0 Å². The minimum absolute atomic E-state index is 0.131. The van der Waals surface area contributed by atoms with Crippen LogP contribution in [0.5, 0.6) is 5.75 Å². The molecule has 1 aromatic carbocycles. The van der Waals surface area contributed by atoms with Crippen molar-refractivity contribution >= 4 is 11.6 Å². The molecule has 1 aliphatic rings. The molecule has 2 rings (SSSR count). The number of amides is 1. The van der Waals surface area contributed by atoms with Gasteiger partial charge in [-0.3, -0.25) is 14.9 Å². The predicted octanol–water partition coefficient (Wildman–Crippen LogP) is -1.08. The Hall–Kier alpha value is -2.27. The number of hydrogen-bond donors (Lipinski definition) is 4. The van der Waals surface area contributed by atoms with E-state index in [2.05, 4.69) is 5.32 Å². The number of nitrogens with zero attached hydrogens (tertiary/aromatic N) is 1. The molecular weight excluding hydrogens is 324 g/mol. The van der Waals surface area contributed by atoms with Crippen LogP contribution in [0.4, 0.5) is 5.69 Å². The highest BCUT2D eigenvalue weighted by Gasteiger charge is 2.46. The van der Waals surface area contributed by atoms with Crippen LogP contribution >= 0.6 is 0 Å². The molecule has 0 aliphatic carbocycles. The zero-order valence-corrected chi connectivity index (χ0v) is 12.7. The smallest absolute Gasteiger partial charge is 0.269 e. The Morgan fingerprint density at radius 3 is 2.46 bits per heavy atom. The summed E-state index contributed by atoms with van der Waals surface area (Å²) in [4.78, 5) is 21.4. The van der Waals surface area contributed by atoms with Crippen LogP contribution in [0.1, 0.15) is 6.92 Å². The minimum Gasteiger partial charge on any atom is -0.463 e. The number of non-ortho nitro benzene ring substituents is 1. The highest BCUT2D eigenvalue weighted by atomic mass is 16.7. The number of benzene rings is 1. The first kappa shape index (κ1) is 18.1. The number of carbonyl (C=O) groups is 1. The van der Waals surface area contributed by atoms with Gasteiger partial charge in [-0.15, -0.1) is 0 Å². The highest BCUT2D eigenvalue weighted by molar-refractivity contribution is 5.73. The number of ether oxygens (including phenoxy) is 2. The van der Waals surface area contributed by atoms with Crippen LogP contribution in [0.3, 0.4) is 0 Å². The Kier molecular flexibility index (Phi) is 5.67. The third kappa shape index (κ3) is 3.97. The molecule has 0 saturated carbocycles. The number of aliphatic hydroxyl groups is 3. The van der Waals surface area contributed by atoms with E-state index in [9.17, 15) is 30.2 Å². The fraction of sp³-hybridized carbons (Fsp3) is 0.500. The molecule has 10 heteroatoms. The molecule has 2 unspecified atom stereocenters. The molecule has 132 valence electrons. The predicted molar refractivity (Wildman–Crippen MR) is 79.1 cm³/mol. The lowest BCUT2D eigenvalue weighted by atomic mass is 9.97. The van der Waals surface area contributed by atoms with Gasteiger partial charge in [0, 0.05) is 19.1 Å². The van der Waals surface area contributed by atoms with Crippen molar-refractivity contribution in [2.45, 2.75) is 37.6 Å². The van der Waals surface area contributed by atoms with Crippen LogP contribution in [0, 0.1) is 10.1 Å². The number of nitro benzene ring substituents is 1. The average molecular weight is 342 g/mol. The molecule has 24 heavy (non-hydrogen) atoms. The number of nitro groups is 1. The third-order valence-corrected chi connectivity index (χ3v) is 3.55. The van der Waals surface area contributed by atoms with Crippen molar-refractivity contribution in [2.75, 3.05) is 6.61 Å². The van der Waals surface area contributed by atoms with Gasteiger partial charge in [0.2, 0.25) is 12.2 Å². The van der Waals surface area contributed by atoms with E-state index in [-0.39, 0.29) is 11.4 Å². The summed E-state index contributed by atoms with van der Waals surface area (Å²) < 4.78 is 10.9. The Labute approximate surface area is 136 Å². The van der Waals surface area contributed by atoms with Crippen molar-refractivity contribution < 1.29 is 34.5 Å². The van der Waals surface area contributed by atoms with E-state index in [0.29, 0.717) is 0 Å². The monoisotopic (exact) mass is 342 g/mol. The molecule has 1 saturated heterocycles. The first-order valence-corrected chi connectivity index (χ1v) is 7.14. The summed E-state index contributed by atoms with van der Waals surface area (Å²) in [5.74, 6) is -0.282. The van der Waals surface area contributed by atoms with Crippen LogP contribution in [0.25, 0.3) is 0 Å². The molecule has 1 fully saturated rings. The van der Waals surface area contributed by atoms with Crippen molar-refractivity contribution in [3.05, 3.63) is 34.4 Å². The van der Waals surface area contributed by atoms with Crippen LogP contribution in [0.2, 0.25) is 0 Å². The van der Waals surface area contributed by atoms with Crippen LogP contribution in [-0.4, -0.2) is 63.4 Å². The fourth-order valence-corrected chi connectivity index (χ4v) is 2.35. The molecule has 1 aromatic rings. The van der Waals surface area contributed by atoms with E-state index >= 15 is 0 Å². The molecule has 1 heterocycles. The number of rotatable bonds is 5. The number of hydrogen-bond acceptors (Lipinski definition) is 8. The summed E-state index contributed by atoms with van der Waals surface area (Å²) in [6, 6.07) is 4.02. The summed E-state index contributed by atoms with van der Waals surface area (Å²) in [5.41, 5.74) is -0.131. The Balaban J connectivity index is 2.19. The van der Waals surface area contributed by atoms with Crippen molar-refractivity contribution in [3.63, 3.8) is 0 Å². The summed E-state index contributed by atoms with van der Waals surface area (Å²) in [5, 5.41) is 42.3. The first-order valence-electron chi connectivity index (χ1n) is 7.14. The molecule has 0 spiro atoms. The summed E-state index contributed by atoms with van der Waals surface area (Å²) in [6.07, 6.45) is -5.15. The molecule has 0 bridgehead atoms. The summed E-state index contributed by atoms with van der Waals surface area (Å²) in [7, 11) is 0. The van der Waals surface area contributed by atoms with E-state index in [0.717, 1.165) is 0 Å². The molecule has 1 aliphatic heterocycles. The zero-order chi connectivity index (χ0) is 17.9. The largest absolute Gasteiger partial charge is 0.463 e. The van der Waals surface area contributed by atoms with E-state index < -0.39 is 48.1 Å². The van der Waals surface area contributed by atoms with Gasteiger partial charge in [0.1, 0.15) is 30.1 Å². The van der Waals surface area contributed by atoms with E-state index in [1.54, 1.807) is 0 Å². The van der Waals surface area contributed by atoms with Gasteiger partial charge in [-0.25, -0.2) is 0 Å². The molecule has 10 nitrogen and oxygen atoms in total. The van der Waals surface area contributed by atoms with E-state index in [1.807, 2.05) is 0 Å². The third-order valence-electron chi connectivity index (χ3n) is 3.55. The number of aliphatic hydroxyl groups excluding tert-OH is 3. The van der Waals surface area contributed by atoms with Crippen LogP contribution in [-0.2, 0) is 9.53 Å². The summed E-state index contributed by atoms with van der Waals surface area (Å²) >= 11 is 0. The fourth-order valence-electron chi connectivity index (χ4n) is 2.35. The Morgan fingerprint density at radius 2 is 1.96 bits per heavy atom. The van der Waals surface area contributed by atoms with Crippen molar-refractivity contribution in [2.24, 2.45) is 0 Å². The standard InChI is InChI=1S/C14H18N2O8/c1-7(18)15-11-13(20)12(19)10(6-17)24-14(11)23-9-4-2-8(3-5-9)16(21)22/h2-5,10-14,17,19-20H,6H2,1H3,(H,15,18)/t10?,11?,12-,13+,14+/m0/s1. The maximum absolute atomic E-state index is 11.3. The first-order chi connectivity index (χ1) is 11.3. The second-order valence-electron chi connectivity index (χ2n) is 5.30. The number of nitrogens with one attached hydrogen (secondary N) is 1. The normalized spacial score (nSPS) is 29.8. The lowest BCUT2D eigenvalue weighted by molar-refractivity contribution is -0.384. The maximum Gasteiger partial charge on any atom is 0.269 e. The SMILES string of the molecule is CC(=O)NC1[C@H](Oc2ccc([N+](=O)[O-])cc2)OC(CO)[C@H](O)[C@@H]1O.